The van der Waals surface area contributed by atoms with Crippen LogP contribution >= 0.6 is 11.3 Å². The van der Waals surface area contributed by atoms with Crippen LogP contribution in [0.25, 0.3) is 42.7 Å². The Bertz CT molecular complexity index is 1780. The van der Waals surface area contributed by atoms with Crippen molar-refractivity contribution in [1.82, 2.24) is 9.97 Å². The molecule has 0 bridgehead atoms. The van der Waals surface area contributed by atoms with Crippen molar-refractivity contribution in [3.8, 4) is 22.5 Å². The molecule has 1 fully saturated rings. The molecule has 0 unspecified atom stereocenters. The zero-order valence-electron chi connectivity index (χ0n) is 25.4. The van der Waals surface area contributed by atoms with E-state index < -0.39 is 8.07 Å². The average molecular weight is 775 g/mol. The Morgan fingerprint density at radius 3 is 2.23 bits per heavy atom. The van der Waals surface area contributed by atoms with Gasteiger partial charge in [0.15, 0.2) is 0 Å². The number of aryl methyl sites for hydroxylation is 1. The van der Waals surface area contributed by atoms with Crippen molar-refractivity contribution in [2.24, 2.45) is 0 Å². The van der Waals surface area contributed by atoms with E-state index in [2.05, 4.69) is 91.5 Å². The molecule has 0 amide bonds. The number of pyridine rings is 2. The van der Waals surface area contributed by atoms with E-state index in [1.807, 2.05) is 54.8 Å². The summed E-state index contributed by atoms with van der Waals surface area (Å²) in [6.45, 7) is 9.28. The van der Waals surface area contributed by atoms with Gasteiger partial charge in [-0.15, -0.1) is 59.7 Å². The summed E-state index contributed by atoms with van der Waals surface area (Å²) < 4.78 is 2.68. The van der Waals surface area contributed by atoms with Crippen LogP contribution in [-0.4, -0.2) is 18.0 Å². The number of rotatable bonds is 4. The van der Waals surface area contributed by atoms with E-state index in [0.717, 1.165) is 22.5 Å². The number of thiophene rings is 1. The number of nitrogens with zero attached hydrogens (tertiary/aromatic N) is 2. The molecule has 0 saturated heterocycles. The Labute approximate surface area is 275 Å². The quantitative estimate of drug-likeness (QED) is 0.132. The Kier molecular flexibility index (Phi) is 10.1. The van der Waals surface area contributed by atoms with Gasteiger partial charge in [-0.3, -0.25) is 0 Å². The summed E-state index contributed by atoms with van der Waals surface area (Å²) >= 11 is 1.88. The minimum atomic E-state index is -1.33. The molecule has 0 atom stereocenters. The summed E-state index contributed by atoms with van der Waals surface area (Å²) in [5.41, 5.74) is 6.81. The maximum Gasteiger partial charge on any atom is 0.0776 e. The standard InChI is InChI=1S/C26H28NSSi.C12H10N.Ir/c1-29(2,3)20-13-15-25-23(16-20)21-10-7-11-22(26(21)28-25)24-14-12-19(17-27-24)18-8-5-4-6-9-18;1-10-7-8-12(13-9-10)11-5-3-2-4-6-11;/h7,10,12-18H,4-6,8-9H2,1-3H3;2-5,7-9H,1H3;/q2*-1;. The van der Waals surface area contributed by atoms with Gasteiger partial charge in [0, 0.05) is 37.2 Å². The molecule has 3 heterocycles. The van der Waals surface area contributed by atoms with Gasteiger partial charge < -0.3 is 9.97 Å². The molecule has 2 nitrogen and oxygen atoms in total. The first-order valence-corrected chi connectivity index (χ1v) is 19.4. The fourth-order valence-electron chi connectivity index (χ4n) is 5.81. The third-order valence-corrected chi connectivity index (χ3v) is 11.6. The third kappa shape index (κ3) is 7.24. The van der Waals surface area contributed by atoms with Crippen LogP contribution in [0.15, 0.2) is 91.3 Å². The van der Waals surface area contributed by atoms with E-state index in [9.17, 15) is 0 Å². The van der Waals surface area contributed by atoms with Crippen LogP contribution in [-0.2, 0) is 20.1 Å². The summed E-state index contributed by atoms with van der Waals surface area (Å²) in [6.07, 6.45) is 10.7. The van der Waals surface area contributed by atoms with E-state index in [4.69, 9.17) is 4.98 Å². The summed E-state index contributed by atoms with van der Waals surface area (Å²) in [6, 6.07) is 34.5. The molecule has 1 aliphatic carbocycles. The first-order chi connectivity index (χ1) is 20.4. The normalized spacial score (nSPS) is 13.8. The monoisotopic (exact) mass is 775 g/mol. The molecule has 221 valence electrons. The molecule has 3 aromatic heterocycles. The Morgan fingerprint density at radius 1 is 0.767 bits per heavy atom. The molecule has 5 heteroatoms. The molecule has 43 heavy (non-hydrogen) atoms. The van der Waals surface area contributed by atoms with Crippen LogP contribution in [0.5, 0.6) is 0 Å². The molecule has 0 N–H and O–H groups in total. The second-order valence-corrected chi connectivity index (χ2v) is 18.6. The summed E-state index contributed by atoms with van der Waals surface area (Å²) in [5, 5.41) is 4.25. The van der Waals surface area contributed by atoms with Crippen LogP contribution < -0.4 is 5.19 Å². The van der Waals surface area contributed by atoms with Crippen LogP contribution in [0.3, 0.4) is 0 Å². The van der Waals surface area contributed by atoms with Gasteiger partial charge in [0.2, 0.25) is 0 Å². The molecular weight excluding hydrogens is 737 g/mol. The van der Waals surface area contributed by atoms with Crippen LogP contribution in [0.4, 0.5) is 0 Å². The number of hydrogen-bond donors (Lipinski definition) is 0. The Hall–Kier alpha value is -2.95. The molecule has 1 radical (unpaired) electrons. The molecule has 3 aromatic carbocycles. The Balaban J connectivity index is 0.000000221. The van der Waals surface area contributed by atoms with Gasteiger partial charge in [0.1, 0.15) is 0 Å². The summed E-state index contributed by atoms with van der Waals surface area (Å²) in [5.74, 6) is 0.703. The van der Waals surface area contributed by atoms with Crippen molar-refractivity contribution >= 4 is 44.8 Å². The van der Waals surface area contributed by atoms with Crippen molar-refractivity contribution in [2.45, 2.75) is 64.6 Å². The van der Waals surface area contributed by atoms with Gasteiger partial charge in [0.05, 0.1) is 8.07 Å². The largest absolute Gasteiger partial charge is 0.304 e. The predicted molar refractivity (Wildman–Crippen MR) is 183 cm³/mol. The third-order valence-electron chi connectivity index (χ3n) is 8.31. The zero-order chi connectivity index (χ0) is 29.1. The van der Waals surface area contributed by atoms with Crippen molar-refractivity contribution in [3.63, 3.8) is 0 Å². The smallest absolute Gasteiger partial charge is 0.0776 e. The van der Waals surface area contributed by atoms with E-state index in [1.54, 1.807) is 0 Å². The molecule has 0 aliphatic heterocycles. The van der Waals surface area contributed by atoms with Gasteiger partial charge >= 0.3 is 0 Å². The van der Waals surface area contributed by atoms with Crippen LogP contribution in [0.2, 0.25) is 19.6 Å². The van der Waals surface area contributed by atoms with Gasteiger partial charge in [-0.2, -0.15) is 11.3 Å². The van der Waals surface area contributed by atoms with Crippen molar-refractivity contribution in [3.05, 3.63) is 115 Å². The number of fused-ring (bicyclic) bond motifs is 3. The first-order valence-electron chi connectivity index (χ1n) is 15.1. The molecule has 0 spiro atoms. The van der Waals surface area contributed by atoms with Crippen molar-refractivity contribution in [2.75, 3.05) is 0 Å². The van der Waals surface area contributed by atoms with Gasteiger partial charge in [0.25, 0.3) is 0 Å². The average Bonchev–Trinajstić information content (AvgIpc) is 3.41. The second-order valence-electron chi connectivity index (χ2n) is 12.5. The topological polar surface area (TPSA) is 25.8 Å². The molecule has 1 saturated carbocycles. The first kappa shape index (κ1) is 31.5. The SMILES string of the molecule is C[Si](C)(C)c1ccc2sc3c(-c4ccc(C5CCCCC5)cn4)[c-]ccc3c2c1.Cc1ccc(-c2[c-]cccc2)nc1.[Ir]. The van der Waals surface area contributed by atoms with Crippen molar-refractivity contribution < 1.29 is 20.1 Å². The van der Waals surface area contributed by atoms with Crippen LogP contribution in [0.1, 0.15) is 49.1 Å². The van der Waals surface area contributed by atoms with Gasteiger partial charge in [-0.25, -0.2) is 0 Å². The number of hydrogen-bond acceptors (Lipinski definition) is 3. The number of aromatic nitrogens is 2. The molecule has 6 aromatic rings. The number of benzene rings is 3. The van der Waals surface area contributed by atoms with Crippen LogP contribution in [0, 0.1) is 19.1 Å². The fourth-order valence-corrected chi connectivity index (χ4v) is 8.16. The van der Waals surface area contributed by atoms with Crippen molar-refractivity contribution in [1.29, 1.82) is 0 Å². The maximum absolute atomic E-state index is 4.88. The van der Waals surface area contributed by atoms with E-state index in [-0.39, 0.29) is 20.1 Å². The summed E-state index contributed by atoms with van der Waals surface area (Å²) in [4.78, 5) is 9.20. The zero-order valence-corrected chi connectivity index (χ0v) is 29.6. The maximum atomic E-state index is 4.88. The van der Waals surface area contributed by atoms with Gasteiger partial charge in [-0.05, 0) is 64.4 Å². The molecular formula is C38H38IrN2SSi-2. The molecule has 1 aliphatic rings. The second kappa shape index (κ2) is 13.8. The van der Waals surface area contributed by atoms with E-state index in [0.29, 0.717) is 5.92 Å². The Morgan fingerprint density at radius 2 is 1.56 bits per heavy atom. The minimum absolute atomic E-state index is 0. The van der Waals surface area contributed by atoms with E-state index >= 15 is 0 Å². The minimum Gasteiger partial charge on any atom is -0.304 e. The molecule has 7 rings (SSSR count). The van der Waals surface area contributed by atoms with Gasteiger partial charge in [-0.1, -0.05) is 85.9 Å². The fraction of sp³-hybridized carbons (Fsp3) is 0.263. The van der Waals surface area contributed by atoms with E-state index in [1.165, 1.54) is 68.6 Å². The summed E-state index contributed by atoms with van der Waals surface area (Å²) in [7, 11) is -1.33. The predicted octanol–water partition coefficient (Wildman–Crippen LogP) is 10.4.